The summed E-state index contributed by atoms with van der Waals surface area (Å²) in [5.74, 6) is 0.793. The molecule has 1 atom stereocenters. The number of ether oxygens (including phenoxy) is 2. The summed E-state index contributed by atoms with van der Waals surface area (Å²) in [6.07, 6.45) is 6.51. The van der Waals surface area contributed by atoms with E-state index in [0.29, 0.717) is 35.2 Å². The van der Waals surface area contributed by atoms with Gasteiger partial charge in [-0.1, -0.05) is 18.6 Å². The van der Waals surface area contributed by atoms with Crippen molar-refractivity contribution in [3.05, 3.63) is 53.2 Å². The molecule has 4 rings (SSSR count). The van der Waals surface area contributed by atoms with Crippen LogP contribution in [0, 0.1) is 6.92 Å². The van der Waals surface area contributed by atoms with Gasteiger partial charge in [-0.3, -0.25) is 9.78 Å². The van der Waals surface area contributed by atoms with Crippen LogP contribution >= 0.6 is 0 Å². The van der Waals surface area contributed by atoms with Crippen molar-refractivity contribution in [2.24, 2.45) is 5.73 Å². The molecule has 0 spiro atoms. The summed E-state index contributed by atoms with van der Waals surface area (Å²) in [6.45, 7) is 6.96. The van der Waals surface area contributed by atoms with E-state index in [9.17, 15) is 9.90 Å². The van der Waals surface area contributed by atoms with Crippen molar-refractivity contribution in [3.8, 4) is 11.5 Å². The van der Waals surface area contributed by atoms with E-state index < -0.39 is 5.91 Å². The lowest BCUT2D eigenvalue weighted by Gasteiger charge is -2.33. The first-order chi connectivity index (χ1) is 17.9. The third kappa shape index (κ3) is 6.32. The summed E-state index contributed by atoms with van der Waals surface area (Å²) in [5.41, 5.74) is 10.2. The number of carbonyl (C=O) groups excluding carboxylic acids is 1. The molecule has 8 nitrogen and oxygen atoms in total. The van der Waals surface area contributed by atoms with E-state index in [4.69, 9.17) is 15.2 Å². The highest BCUT2D eigenvalue weighted by Gasteiger charge is 2.19. The molecule has 1 unspecified atom stereocenters. The fourth-order valence-electron chi connectivity index (χ4n) is 5.05. The number of carbonyl (C=O) groups is 1. The number of piperidine rings is 1. The number of likely N-dealkylation sites (tertiary alicyclic amines) is 1. The van der Waals surface area contributed by atoms with Crippen LogP contribution in [0.25, 0.3) is 10.9 Å². The number of primary amides is 1. The van der Waals surface area contributed by atoms with Gasteiger partial charge in [0.15, 0.2) is 11.5 Å². The van der Waals surface area contributed by atoms with E-state index in [2.05, 4.69) is 22.1 Å². The third-order valence-electron chi connectivity index (χ3n) is 7.26. The number of aliphatic hydroxyl groups is 1. The van der Waals surface area contributed by atoms with Crippen LogP contribution in [0.5, 0.6) is 11.5 Å². The van der Waals surface area contributed by atoms with E-state index in [1.165, 1.54) is 19.3 Å². The van der Waals surface area contributed by atoms with Crippen LogP contribution in [-0.4, -0.2) is 53.7 Å². The largest absolute Gasteiger partial charge is 0.493 e. The van der Waals surface area contributed by atoms with Crippen LogP contribution in [0.2, 0.25) is 0 Å². The number of hydrogen-bond donors (Lipinski definition) is 3. The topological polar surface area (TPSA) is 110 Å². The van der Waals surface area contributed by atoms with Gasteiger partial charge in [0.05, 0.1) is 37.9 Å². The molecule has 198 valence electrons. The lowest BCUT2D eigenvalue weighted by atomic mass is 10.0. The molecule has 37 heavy (non-hydrogen) atoms. The van der Waals surface area contributed by atoms with Crippen LogP contribution in [0.15, 0.2) is 36.5 Å². The van der Waals surface area contributed by atoms with Crippen molar-refractivity contribution >= 4 is 28.2 Å². The molecule has 1 aliphatic rings. The van der Waals surface area contributed by atoms with Gasteiger partial charge in [0.2, 0.25) is 5.91 Å². The Balaban J connectivity index is 1.61. The molecule has 8 heteroatoms. The molecule has 1 saturated heterocycles. The Morgan fingerprint density at radius 2 is 2.08 bits per heavy atom. The number of pyridine rings is 1. The van der Waals surface area contributed by atoms with Crippen molar-refractivity contribution in [1.82, 2.24) is 9.88 Å². The Labute approximate surface area is 218 Å². The van der Waals surface area contributed by atoms with E-state index in [1.807, 2.05) is 37.3 Å². The molecule has 1 amide bonds. The van der Waals surface area contributed by atoms with Gasteiger partial charge in [-0.25, -0.2) is 0 Å². The maximum Gasteiger partial charge on any atom is 0.221 e. The fourth-order valence-corrected chi connectivity index (χ4v) is 5.05. The molecule has 2 aromatic carbocycles. The van der Waals surface area contributed by atoms with Crippen molar-refractivity contribution in [2.45, 2.75) is 58.6 Å². The molecule has 4 N–H and O–H groups in total. The molecule has 1 aliphatic heterocycles. The maximum atomic E-state index is 11.8. The van der Waals surface area contributed by atoms with E-state index in [-0.39, 0.29) is 13.0 Å². The second kappa shape index (κ2) is 12.3. The second-order valence-electron chi connectivity index (χ2n) is 9.78. The molecule has 3 aromatic rings. The zero-order valence-electron chi connectivity index (χ0n) is 22.0. The Bertz CT molecular complexity index is 1250. The minimum atomic E-state index is -0.444. The van der Waals surface area contributed by atoms with Crippen molar-refractivity contribution < 1.29 is 19.4 Å². The monoisotopic (exact) mass is 506 g/mol. The predicted octanol–water partition coefficient (Wildman–Crippen LogP) is 4.46. The second-order valence-corrected chi connectivity index (χ2v) is 9.78. The Kier molecular flexibility index (Phi) is 8.84. The fraction of sp³-hybridized carbons (Fsp3) is 0.448. The highest BCUT2D eigenvalue weighted by molar-refractivity contribution is 5.98. The lowest BCUT2D eigenvalue weighted by molar-refractivity contribution is -0.117. The summed E-state index contributed by atoms with van der Waals surface area (Å²) in [5, 5.41) is 14.0. The number of aromatic nitrogens is 1. The molecule has 0 saturated carbocycles. The van der Waals surface area contributed by atoms with Gasteiger partial charge in [0, 0.05) is 41.5 Å². The summed E-state index contributed by atoms with van der Waals surface area (Å²) in [4.78, 5) is 19.0. The number of nitrogens with zero attached hydrogens (tertiary/aromatic N) is 2. The predicted molar refractivity (Wildman–Crippen MR) is 147 cm³/mol. The third-order valence-corrected chi connectivity index (χ3v) is 7.26. The zero-order valence-corrected chi connectivity index (χ0v) is 22.0. The van der Waals surface area contributed by atoms with Crippen molar-refractivity contribution in [3.63, 3.8) is 0 Å². The molecular formula is C29H38N4O4. The number of anilines is 2. The van der Waals surface area contributed by atoms with E-state index in [1.54, 1.807) is 13.3 Å². The van der Waals surface area contributed by atoms with Crippen LogP contribution in [0.3, 0.4) is 0 Å². The number of nitrogens with two attached hydrogens (primary N) is 1. The SMILES string of the molecule is COc1cc2c(Nc3cccc(CO)c3C)c(CC(N)=O)cnc2cc1OCCCN1CCCCC1C. The summed E-state index contributed by atoms with van der Waals surface area (Å²) >= 11 is 0. The minimum absolute atomic E-state index is 0.0412. The minimum Gasteiger partial charge on any atom is -0.493 e. The Hall–Kier alpha value is -3.36. The first kappa shape index (κ1) is 26.7. The zero-order chi connectivity index (χ0) is 26.4. The quantitative estimate of drug-likeness (QED) is 0.329. The van der Waals surface area contributed by atoms with Crippen LogP contribution < -0.4 is 20.5 Å². The number of nitrogens with one attached hydrogen (secondary N) is 1. The van der Waals surface area contributed by atoms with Gasteiger partial charge in [0.25, 0.3) is 0 Å². The van der Waals surface area contributed by atoms with Gasteiger partial charge in [-0.2, -0.15) is 0 Å². The molecule has 2 heterocycles. The summed E-state index contributed by atoms with van der Waals surface area (Å²) in [7, 11) is 1.62. The normalized spacial score (nSPS) is 16.1. The smallest absolute Gasteiger partial charge is 0.221 e. The van der Waals surface area contributed by atoms with Gasteiger partial charge in [-0.05, 0) is 62.9 Å². The Morgan fingerprint density at radius 1 is 1.24 bits per heavy atom. The van der Waals surface area contributed by atoms with Gasteiger partial charge in [0.1, 0.15) is 0 Å². The number of hydrogen-bond acceptors (Lipinski definition) is 7. The van der Waals surface area contributed by atoms with Crippen LogP contribution in [-0.2, 0) is 17.8 Å². The number of fused-ring (bicyclic) bond motifs is 1. The van der Waals surface area contributed by atoms with E-state index in [0.717, 1.165) is 47.4 Å². The van der Waals surface area contributed by atoms with Gasteiger partial charge < -0.3 is 30.5 Å². The Morgan fingerprint density at radius 3 is 2.81 bits per heavy atom. The molecular weight excluding hydrogens is 468 g/mol. The number of benzene rings is 2. The summed E-state index contributed by atoms with van der Waals surface area (Å²) in [6, 6.07) is 10.1. The van der Waals surface area contributed by atoms with Crippen molar-refractivity contribution in [2.75, 3.05) is 32.1 Å². The molecule has 0 bridgehead atoms. The first-order valence-electron chi connectivity index (χ1n) is 13.0. The molecule has 0 radical (unpaired) electrons. The number of aliphatic hydroxyl groups excluding tert-OH is 1. The van der Waals surface area contributed by atoms with Gasteiger partial charge in [-0.15, -0.1) is 0 Å². The van der Waals surface area contributed by atoms with E-state index >= 15 is 0 Å². The standard InChI is InChI=1S/C29H38N4O4/c1-19-8-4-5-11-33(19)12-7-13-37-27-16-25-23(15-26(27)36-3)29(22(17-31-25)14-28(30)35)32-24-10-6-9-21(18-34)20(24)2/h6,9-10,15-17,19,34H,4-5,7-8,11-14,18H2,1-3H3,(H2,30,35)(H,31,32). The highest BCUT2D eigenvalue weighted by atomic mass is 16.5. The van der Waals surface area contributed by atoms with Crippen LogP contribution in [0.4, 0.5) is 11.4 Å². The molecule has 0 aliphatic carbocycles. The van der Waals surface area contributed by atoms with Crippen molar-refractivity contribution in [1.29, 1.82) is 0 Å². The maximum absolute atomic E-state index is 11.8. The average molecular weight is 507 g/mol. The molecule has 1 fully saturated rings. The average Bonchev–Trinajstić information content (AvgIpc) is 2.89. The summed E-state index contributed by atoms with van der Waals surface area (Å²) < 4.78 is 11.8. The number of methoxy groups -OCH3 is 1. The number of rotatable bonds is 11. The molecule has 1 aromatic heterocycles. The first-order valence-corrected chi connectivity index (χ1v) is 13.0. The van der Waals surface area contributed by atoms with Gasteiger partial charge >= 0.3 is 0 Å². The van der Waals surface area contributed by atoms with Crippen LogP contribution in [0.1, 0.15) is 49.3 Å². The lowest BCUT2D eigenvalue weighted by Crippen LogP contribution is -2.38. The number of amides is 1. The highest BCUT2D eigenvalue weighted by Crippen LogP contribution is 2.38.